The van der Waals surface area contributed by atoms with Crippen molar-refractivity contribution in [2.24, 2.45) is 11.8 Å². The molecule has 0 radical (unpaired) electrons. The molecule has 3 amide bonds. The molecule has 1 aliphatic carbocycles. The molecule has 1 atom stereocenters. The van der Waals surface area contributed by atoms with Crippen LogP contribution in [0, 0.1) is 11.8 Å². The van der Waals surface area contributed by atoms with Crippen molar-refractivity contribution in [1.82, 2.24) is 15.5 Å². The molecule has 3 rings (SSSR count). The molecule has 146 valence electrons. The molecule has 2 aliphatic rings. The molecule has 1 saturated heterocycles. The second-order valence-corrected chi connectivity index (χ2v) is 7.55. The zero-order valence-corrected chi connectivity index (χ0v) is 15.9. The maximum Gasteiger partial charge on any atom is 0.251 e. The summed E-state index contributed by atoms with van der Waals surface area (Å²) in [5.74, 6) is 0.159. The number of nitrogens with zero attached hydrogens (tertiary/aromatic N) is 1. The number of hydrogen-bond acceptors (Lipinski definition) is 3. The standard InChI is InChI=1S/C21H29N3O3/c1-2-12-22-20(26)18(23-19(25)16-6-4-3-5-7-16)15-10-13-24(14-11-15)21(27)17-8-9-17/h3-7,15,17-18H,2,8-14H2,1H3,(H,22,26)(H,23,25)/t18-/m0/s1. The van der Waals surface area contributed by atoms with Gasteiger partial charge in [0, 0.05) is 31.1 Å². The number of rotatable bonds is 7. The lowest BCUT2D eigenvalue weighted by Crippen LogP contribution is -2.54. The zero-order valence-electron chi connectivity index (χ0n) is 15.9. The van der Waals surface area contributed by atoms with E-state index in [1.54, 1.807) is 12.1 Å². The Morgan fingerprint density at radius 3 is 2.33 bits per heavy atom. The number of piperidine rings is 1. The molecule has 2 fully saturated rings. The first kappa shape index (κ1) is 19.4. The van der Waals surface area contributed by atoms with Gasteiger partial charge >= 0.3 is 0 Å². The van der Waals surface area contributed by atoms with Gasteiger partial charge in [-0.05, 0) is 50.2 Å². The molecule has 1 aliphatic heterocycles. The van der Waals surface area contributed by atoms with Gasteiger partial charge in [-0.15, -0.1) is 0 Å². The molecule has 1 aromatic rings. The van der Waals surface area contributed by atoms with Crippen LogP contribution in [-0.4, -0.2) is 48.3 Å². The van der Waals surface area contributed by atoms with Gasteiger partial charge in [-0.3, -0.25) is 14.4 Å². The third kappa shape index (κ3) is 5.08. The Hall–Kier alpha value is -2.37. The summed E-state index contributed by atoms with van der Waals surface area (Å²) < 4.78 is 0. The van der Waals surface area contributed by atoms with Gasteiger partial charge in [-0.25, -0.2) is 0 Å². The SMILES string of the molecule is CCCNC(=O)[C@@H](NC(=O)c1ccccc1)C1CCN(C(=O)C2CC2)CC1. The number of likely N-dealkylation sites (tertiary alicyclic amines) is 1. The Kier molecular flexibility index (Phi) is 6.48. The fraction of sp³-hybridized carbons (Fsp3) is 0.571. The average Bonchev–Trinajstić information content (AvgIpc) is 3.55. The number of carbonyl (C=O) groups is 3. The van der Waals surface area contributed by atoms with Crippen LogP contribution >= 0.6 is 0 Å². The summed E-state index contributed by atoms with van der Waals surface area (Å²) in [6.07, 6.45) is 4.33. The number of benzene rings is 1. The second kappa shape index (κ2) is 9.02. The van der Waals surface area contributed by atoms with E-state index in [4.69, 9.17) is 0 Å². The second-order valence-electron chi connectivity index (χ2n) is 7.55. The van der Waals surface area contributed by atoms with Crippen molar-refractivity contribution in [2.75, 3.05) is 19.6 Å². The van der Waals surface area contributed by atoms with Gasteiger partial charge in [0.1, 0.15) is 6.04 Å². The van der Waals surface area contributed by atoms with Crippen LogP contribution in [0.4, 0.5) is 0 Å². The monoisotopic (exact) mass is 371 g/mol. The van der Waals surface area contributed by atoms with Gasteiger partial charge in [0.05, 0.1) is 0 Å². The predicted octanol–water partition coefficient (Wildman–Crippen LogP) is 1.96. The topological polar surface area (TPSA) is 78.5 Å². The van der Waals surface area contributed by atoms with Gasteiger partial charge in [0.2, 0.25) is 11.8 Å². The number of hydrogen-bond donors (Lipinski definition) is 2. The van der Waals surface area contributed by atoms with Gasteiger partial charge < -0.3 is 15.5 Å². The molecule has 2 N–H and O–H groups in total. The molecule has 6 heteroatoms. The van der Waals surface area contributed by atoms with E-state index in [0.717, 1.165) is 32.1 Å². The van der Waals surface area contributed by atoms with E-state index in [0.29, 0.717) is 25.2 Å². The van der Waals surface area contributed by atoms with E-state index in [2.05, 4.69) is 10.6 Å². The fourth-order valence-electron chi connectivity index (χ4n) is 3.61. The Labute approximate surface area is 160 Å². The summed E-state index contributed by atoms with van der Waals surface area (Å²) in [6.45, 7) is 3.92. The lowest BCUT2D eigenvalue weighted by molar-refractivity contribution is -0.134. The van der Waals surface area contributed by atoms with E-state index >= 15 is 0 Å². The molecule has 6 nitrogen and oxygen atoms in total. The molecule has 27 heavy (non-hydrogen) atoms. The van der Waals surface area contributed by atoms with E-state index in [1.807, 2.05) is 30.0 Å². The van der Waals surface area contributed by atoms with Gasteiger partial charge in [-0.2, -0.15) is 0 Å². The van der Waals surface area contributed by atoms with Crippen molar-refractivity contribution in [1.29, 1.82) is 0 Å². The van der Waals surface area contributed by atoms with Crippen molar-refractivity contribution in [3.05, 3.63) is 35.9 Å². The normalized spacial score (nSPS) is 18.6. The molecule has 0 spiro atoms. The van der Waals surface area contributed by atoms with Crippen LogP contribution in [0.15, 0.2) is 30.3 Å². The Morgan fingerprint density at radius 2 is 1.74 bits per heavy atom. The Bertz CT molecular complexity index is 665. The molecule has 0 bridgehead atoms. The fourth-order valence-corrected chi connectivity index (χ4v) is 3.61. The summed E-state index contributed by atoms with van der Waals surface area (Å²) in [6, 6.07) is 8.39. The summed E-state index contributed by atoms with van der Waals surface area (Å²) in [5, 5.41) is 5.85. The molecule has 0 unspecified atom stereocenters. The van der Waals surface area contributed by atoms with E-state index in [9.17, 15) is 14.4 Å². The van der Waals surface area contributed by atoms with Crippen LogP contribution in [-0.2, 0) is 9.59 Å². The van der Waals surface area contributed by atoms with E-state index < -0.39 is 6.04 Å². The molecule has 1 heterocycles. The highest BCUT2D eigenvalue weighted by atomic mass is 16.2. The van der Waals surface area contributed by atoms with Crippen molar-refractivity contribution < 1.29 is 14.4 Å². The first-order chi connectivity index (χ1) is 13.1. The van der Waals surface area contributed by atoms with Gasteiger partial charge in [0.15, 0.2) is 0 Å². The number of nitrogens with one attached hydrogen (secondary N) is 2. The summed E-state index contributed by atoms with van der Waals surface area (Å²) >= 11 is 0. The minimum Gasteiger partial charge on any atom is -0.354 e. The maximum atomic E-state index is 12.7. The summed E-state index contributed by atoms with van der Waals surface area (Å²) in [4.78, 5) is 39.5. The van der Waals surface area contributed by atoms with Crippen molar-refractivity contribution >= 4 is 17.7 Å². The summed E-state index contributed by atoms with van der Waals surface area (Å²) in [7, 11) is 0. The van der Waals surface area contributed by atoms with Gasteiger partial charge in [0.25, 0.3) is 5.91 Å². The Balaban J connectivity index is 1.63. The third-order valence-corrected chi connectivity index (χ3v) is 5.40. The maximum absolute atomic E-state index is 12.7. The molecular formula is C21H29N3O3. The molecule has 1 saturated carbocycles. The quantitative estimate of drug-likeness (QED) is 0.769. The third-order valence-electron chi connectivity index (χ3n) is 5.40. The average molecular weight is 371 g/mol. The predicted molar refractivity (Wildman–Crippen MR) is 103 cm³/mol. The zero-order chi connectivity index (χ0) is 19.2. The highest BCUT2D eigenvalue weighted by Gasteiger charge is 2.38. The smallest absolute Gasteiger partial charge is 0.251 e. The van der Waals surface area contributed by atoms with Gasteiger partial charge in [-0.1, -0.05) is 25.1 Å². The van der Waals surface area contributed by atoms with Crippen LogP contribution in [0.5, 0.6) is 0 Å². The van der Waals surface area contributed by atoms with Crippen LogP contribution < -0.4 is 10.6 Å². The minimum atomic E-state index is -0.567. The van der Waals surface area contributed by atoms with Crippen LogP contribution in [0.25, 0.3) is 0 Å². The van der Waals surface area contributed by atoms with Crippen molar-refractivity contribution in [2.45, 2.75) is 45.1 Å². The van der Waals surface area contributed by atoms with Crippen LogP contribution in [0.2, 0.25) is 0 Å². The molecular weight excluding hydrogens is 342 g/mol. The van der Waals surface area contributed by atoms with Crippen molar-refractivity contribution in [3.63, 3.8) is 0 Å². The van der Waals surface area contributed by atoms with E-state index in [1.165, 1.54) is 0 Å². The lowest BCUT2D eigenvalue weighted by atomic mass is 9.88. The number of amides is 3. The largest absolute Gasteiger partial charge is 0.354 e. The molecule has 0 aromatic heterocycles. The Morgan fingerprint density at radius 1 is 1.07 bits per heavy atom. The molecule has 1 aromatic carbocycles. The first-order valence-electron chi connectivity index (χ1n) is 10.0. The number of carbonyl (C=O) groups excluding carboxylic acids is 3. The van der Waals surface area contributed by atoms with Crippen molar-refractivity contribution in [3.8, 4) is 0 Å². The lowest BCUT2D eigenvalue weighted by Gasteiger charge is -2.36. The highest BCUT2D eigenvalue weighted by Crippen LogP contribution is 2.33. The highest BCUT2D eigenvalue weighted by molar-refractivity contribution is 5.97. The van der Waals surface area contributed by atoms with Crippen LogP contribution in [0.1, 0.15) is 49.4 Å². The first-order valence-corrected chi connectivity index (χ1v) is 10.0. The summed E-state index contributed by atoms with van der Waals surface area (Å²) in [5.41, 5.74) is 0.548. The van der Waals surface area contributed by atoms with Crippen LogP contribution in [0.3, 0.4) is 0 Å². The van der Waals surface area contributed by atoms with E-state index in [-0.39, 0.29) is 29.6 Å². The minimum absolute atomic E-state index is 0.0396.